The molecule has 164 valence electrons. The van der Waals surface area contributed by atoms with Crippen LogP contribution in [0.3, 0.4) is 0 Å². The Morgan fingerprint density at radius 2 is 2.06 bits per heavy atom. The van der Waals surface area contributed by atoms with Crippen molar-refractivity contribution in [2.45, 2.75) is 38.4 Å². The first-order valence-corrected chi connectivity index (χ1v) is 11.2. The van der Waals surface area contributed by atoms with Crippen LogP contribution >= 0.6 is 22.9 Å². The molecule has 10 heteroatoms. The van der Waals surface area contributed by atoms with Crippen molar-refractivity contribution in [1.82, 2.24) is 9.97 Å². The van der Waals surface area contributed by atoms with Crippen molar-refractivity contribution >= 4 is 44.9 Å². The molecule has 1 aromatic carbocycles. The summed E-state index contributed by atoms with van der Waals surface area (Å²) < 4.78 is 35.0. The monoisotopic (exact) mass is 467 g/mol. The second-order valence-corrected chi connectivity index (χ2v) is 8.63. The number of carboxylic acids is 1. The van der Waals surface area contributed by atoms with Crippen LogP contribution in [-0.4, -0.2) is 46.3 Å². The van der Waals surface area contributed by atoms with E-state index in [2.05, 4.69) is 14.9 Å². The summed E-state index contributed by atoms with van der Waals surface area (Å²) >= 11 is 7.15. The Kier molecular flexibility index (Phi) is 6.36. The molecule has 0 spiro atoms. The average molecular weight is 468 g/mol. The highest BCUT2D eigenvalue weighted by Crippen LogP contribution is 2.34. The largest absolute Gasteiger partial charge is 0.479 e. The molecule has 3 aromatic rings. The number of nitrogens with zero attached hydrogens (tertiary/aromatic N) is 3. The van der Waals surface area contributed by atoms with Crippen molar-refractivity contribution < 1.29 is 23.4 Å². The predicted molar refractivity (Wildman–Crippen MR) is 116 cm³/mol. The molecule has 4 rings (SSSR count). The van der Waals surface area contributed by atoms with Crippen LogP contribution in [0.1, 0.15) is 26.2 Å². The lowest BCUT2D eigenvalue weighted by atomic mass is 10.1. The highest BCUT2D eigenvalue weighted by Gasteiger charge is 2.27. The number of hydrogen-bond donors (Lipinski definition) is 1. The number of aliphatic carboxylic acids is 1. The van der Waals surface area contributed by atoms with Gasteiger partial charge in [0, 0.05) is 13.1 Å². The molecule has 1 aliphatic heterocycles. The van der Waals surface area contributed by atoms with Gasteiger partial charge in [-0.3, -0.25) is 0 Å². The highest BCUT2D eigenvalue weighted by molar-refractivity contribution is 7.17. The molecule has 0 bridgehead atoms. The molecule has 31 heavy (non-hydrogen) atoms. The third-order valence-electron chi connectivity index (χ3n) is 5.28. The number of anilines is 1. The van der Waals surface area contributed by atoms with Gasteiger partial charge in [-0.2, -0.15) is 0 Å². The number of carbonyl (C=O) groups is 1. The van der Waals surface area contributed by atoms with Crippen LogP contribution in [0.2, 0.25) is 5.02 Å². The Morgan fingerprint density at radius 3 is 2.74 bits per heavy atom. The number of hydrogen-bond acceptors (Lipinski definition) is 6. The van der Waals surface area contributed by atoms with Crippen molar-refractivity contribution in [2.75, 3.05) is 18.0 Å². The minimum Gasteiger partial charge on any atom is -0.479 e. The van der Waals surface area contributed by atoms with Crippen LogP contribution in [-0.2, 0) is 9.53 Å². The lowest BCUT2D eigenvalue weighted by Crippen LogP contribution is -2.40. The number of rotatable bonds is 6. The first-order valence-electron chi connectivity index (χ1n) is 9.90. The minimum atomic E-state index is -0.956. The van der Waals surface area contributed by atoms with Crippen LogP contribution in [0.4, 0.5) is 14.6 Å². The first kappa shape index (κ1) is 21.9. The molecule has 1 unspecified atom stereocenters. The second kappa shape index (κ2) is 9.02. The van der Waals surface area contributed by atoms with Gasteiger partial charge in [0.2, 0.25) is 0 Å². The van der Waals surface area contributed by atoms with Crippen LogP contribution < -0.4 is 4.90 Å². The molecule has 1 fully saturated rings. The van der Waals surface area contributed by atoms with Gasteiger partial charge >= 0.3 is 5.97 Å². The van der Waals surface area contributed by atoms with Gasteiger partial charge in [-0.1, -0.05) is 18.5 Å². The molecule has 0 aliphatic carbocycles. The smallest absolute Gasteiger partial charge is 0.332 e. The number of aromatic nitrogens is 2. The molecule has 1 saturated heterocycles. The van der Waals surface area contributed by atoms with Crippen molar-refractivity contribution in [1.29, 1.82) is 0 Å². The Bertz CT molecular complexity index is 1120. The second-order valence-electron chi connectivity index (χ2n) is 7.31. The number of thiophene rings is 1. The summed E-state index contributed by atoms with van der Waals surface area (Å²) in [5, 5.41) is 10.8. The van der Waals surface area contributed by atoms with E-state index in [4.69, 9.17) is 16.3 Å². The summed E-state index contributed by atoms with van der Waals surface area (Å²) in [5.41, 5.74) is 0.594. The topological polar surface area (TPSA) is 75.5 Å². The number of carboxylic acid groups (broad SMARTS) is 1. The fourth-order valence-corrected chi connectivity index (χ4v) is 4.64. The molecule has 2 aromatic heterocycles. The third-order valence-corrected chi connectivity index (χ3v) is 6.47. The Morgan fingerprint density at radius 1 is 1.32 bits per heavy atom. The third kappa shape index (κ3) is 4.49. The highest BCUT2D eigenvalue weighted by atomic mass is 35.5. The summed E-state index contributed by atoms with van der Waals surface area (Å²) in [6, 6.07) is 3.74. The number of benzene rings is 1. The molecule has 1 N–H and O–H groups in total. The molecule has 3 heterocycles. The van der Waals surface area contributed by atoms with Gasteiger partial charge in [0.25, 0.3) is 0 Å². The lowest BCUT2D eigenvalue weighted by Gasteiger charge is -2.34. The van der Waals surface area contributed by atoms with Crippen LogP contribution in [0.5, 0.6) is 0 Å². The summed E-state index contributed by atoms with van der Waals surface area (Å²) in [6.07, 6.45) is 0.721. The molecular weight excluding hydrogens is 448 g/mol. The van der Waals surface area contributed by atoms with Gasteiger partial charge in [-0.05, 0) is 42.8 Å². The van der Waals surface area contributed by atoms with Gasteiger partial charge in [-0.15, -0.1) is 11.3 Å². The zero-order valence-corrected chi connectivity index (χ0v) is 18.2. The molecular formula is C21H20ClF2N3O3S. The molecule has 0 amide bonds. The maximum atomic E-state index is 14.5. The van der Waals surface area contributed by atoms with Crippen LogP contribution in [0, 0.1) is 11.6 Å². The van der Waals surface area contributed by atoms with E-state index in [-0.39, 0.29) is 22.5 Å². The van der Waals surface area contributed by atoms with E-state index >= 15 is 0 Å². The van der Waals surface area contributed by atoms with Gasteiger partial charge < -0.3 is 14.7 Å². The number of piperidine rings is 1. The van der Waals surface area contributed by atoms with E-state index in [0.717, 1.165) is 16.8 Å². The molecule has 6 nitrogen and oxygen atoms in total. The fourth-order valence-electron chi connectivity index (χ4n) is 3.64. The van der Waals surface area contributed by atoms with Crippen LogP contribution in [0.25, 0.3) is 21.6 Å². The Labute approximate surface area is 186 Å². The fraction of sp³-hybridized carbons (Fsp3) is 0.381. The Balaban J connectivity index is 1.61. The van der Waals surface area contributed by atoms with Gasteiger partial charge in [-0.25, -0.2) is 23.5 Å². The first-order chi connectivity index (χ1) is 14.9. The van der Waals surface area contributed by atoms with Crippen molar-refractivity contribution in [2.24, 2.45) is 0 Å². The minimum absolute atomic E-state index is 0.0540. The van der Waals surface area contributed by atoms with Gasteiger partial charge in [0.1, 0.15) is 11.6 Å². The zero-order chi connectivity index (χ0) is 22.1. The van der Waals surface area contributed by atoms with E-state index in [0.29, 0.717) is 43.7 Å². The summed E-state index contributed by atoms with van der Waals surface area (Å²) in [7, 11) is 0. The predicted octanol–water partition coefficient (Wildman–Crippen LogP) is 5.14. The maximum absolute atomic E-state index is 14.5. The molecule has 0 radical (unpaired) electrons. The summed E-state index contributed by atoms with van der Waals surface area (Å²) in [4.78, 5) is 22.3. The van der Waals surface area contributed by atoms with E-state index in [9.17, 15) is 18.7 Å². The Hall–Kier alpha value is -2.36. The maximum Gasteiger partial charge on any atom is 0.332 e. The normalized spacial score (nSPS) is 16.1. The average Bonchev–Trinajstić information content (AvgIpc) is 3.23. The quantitative estimate of drug-likeness (QED) is 0.506. The number of ether oxygens (including phenoxy) is 1. The van der Waals surface area contributed by atoms with E-state index < -0.39 is 23.7 Å². The molecule has 1 atom stereocenters. The lowest BCUT2D eigenvalue weighted by molar-refractivity contribution is -0.155. The zero-order valence-electron chi connectivity index (χ0n) is 16.6. The standard InChI is InChI=1S/C21H20ClF2N3O3S/c1-2-17(21(28)29)30-11-3-6-27(7-4-11)20-18-16(5-8-31-18)25-19(26-20)12-9-15(24)13(22)10-14(12)23/h5,8-11,17H,2-4,6-7H2,1H3,(H,28,29). The number of halogens is 3. The number of fused-ring (bicyclic) bond motifs is 1. The van der Waals surface area contributed by atoms with Crippen molar-refractivity contribution in [3.8, 4) is 11.4 Å². The molecule has 1 aliphatic rings. The van der Waals surface area contributed by atoms with Crippen molar-refractivity contribution in [3.63, 3.8) is 0 Å². The van der Waals surface area contributed by atoms with Gasteiger partial charge in [0.05, 0.1) is 26.9 Å². The molecule has 0 saturated carbocycles. The van der Waals surface area contributed by atoms with Crippen molar-refractivity contribution in [3.05, 3.63) is 40.2 Å². The van der Waals surface area contributed by atoms with E-state index in [1.165, 1.54) is 11.3 Å². The summed E-state index contributed by atoms with van der Waals surface area (Å²) in [5.74, 6) is -1.66. The van der Waals surface area contributed by atoms with Gasteiger partial charge in [0.15, 0.2) is 17.7 Å². The van der Waals surface area contributed by atoms with Crippen LogP contribution in [0.15, 0.2) is 23.6 Å². The SMILES string of the molecule is CCC(OC1CCN(c2nc(-c3cc(F)c(Cl)cc3F)nc3ccsc23)CC1)C(=O)O. The summed E-state index contributed by atoms with van der Waals surface area (Å²) in [6.45, 7) is 2.98. The van der Waals surface area contributed by atoms with E-state index in [1.807, 2.05) is 11.4 Å². The van der Waals surface area contributed by atoms with E-state index in [1.54, 1.807) is 6.92 Å².